The molecule has 1 fully saturated rings. The van der Waals surface area contributed by atoms with Crippen LogP contribution < -0.4 is 0 Å². The van der Waals surface area contributed by atoms with Crippen molar-refractivity contribution in [1.29, 1.82) is 0 Å². The largest absolute Gasteiger partial charge is 0.481 e. The summed E-state index contributed by atoms with van der Waals surface area (Å²) in [5, 5.41) is 9.51. The molecule has 1 amide bonds. The summed E-state index contributed by atoms with van der Waals surface area (Å²) in [6.45, 7) is 6.46. The van der Waals surface area contributed by atoms with E-state index in [1.165, 1.54) is 4.90 Å². The van der Waals surface area contributed by atoms with E-state index in [0.717, 1.165) is 12.8 Å². The zero-order chi connectivity index (χ0) is 14.7. The van der Waals surface area contributed by atoms with Gasteiger partial charge in [-0.2, -0.15) is 0 Å². The van der Waals surface area contributed by atoms with Gasteiger partial charge in [0.05, 0.1) is 5.92 Å². The summed E-state index contributed by atoms with van der Waals surface area (Å²) in [6.07, 6.45) is 2.34. The molecule has 0 bridgehead atoms. The molecule has 19 heavy (non-hydrogen) atoms. The van der Waals surface area contributed by atoms with Crippen molar-refractivity contribution in [3.8, 4) is 0 Å². The zero-order valence-corrected chi connectivity index (χ0v) is 12.7. The number of aliphatic carboxylic acids is 1. The van der Waals surface area contributed by atoms with Crippen LogP contribution in [-0.2, 0) is 9.59 Å². The summed E-state index contributed by atoms with van der Waals surface area (Å²) in [6, 6.07) is 0. The van der Waals surface area contributed by atoms with E-state index >= 15 is 0 Å². The highest BCUT2D eigenvalue weighted by Gasteiger charge is 2.41. The molecule has 4 nitrogen and oxygen atoms in total. The number of carbonyl (C=O) groups excluding carboxylic acids is 1. The molecule has 1 rings (SSSR count). The third kappa shape index (κ3) is 3.71. The van der Waals surface area contributed by atoms with Gasteiger partial charge in [0.25, 0.3) is 0 Å². The van der Waals surface area contributed by atoms with E-state index in [0.29, 0.717) is 17.8 Å². The van der Waals surface area contributed by atoms with Crippen molar-refractivity contribution < 1.29 is 14.7 Å². The first-order valence-electron chi connectivity index (χ1n) is 7.18. The second kappa shape index (κ2) is 6.40. The molecule has 0 radical (unpaired) electrons. The van der Waals surface area contributed by atoms with E-state index in [1.807, 2.05) is 0 Å². The van der Waals surface area contributed by atoms with Gasteiger partial charge in [-0.15, -0.1) is 0 Å². The molecule has 0 aromatic carbocycles. The summed E-state index contributed by atoms with van der Waals surface area (Å²) in [4.78, 5) is 24.9. The molecule has 1 saturated carbocycles. The van der Waals surface area contributed by atoms with Crippen LogP contribution in [0.25, 0.3) is 0 Å². The maximum Gasteiger partial charge on any atom is 0.307 e. The maximum atomic E-state index is 11.9. The maximum absolute atomic E-state index is 11.9. The van der Waals surface area contributed by atoms with E-state index in [4.69, 9.17) is 0 Å². The first-order valence-corrected chi connectivity index (χ1v) is 7.18. The van der Waals surface area contributed by atoms with Gasteiger partial charge < -0.3 is 10.0 Å². The minimum absolute atomic E-state index is 0.0926. The monoisotopic (exact) mass is 269 g/mol. The summed E-state index contributed by atoms with van der Waals surface area (Å²) in [5.74, 6) is -0.0922. The number of hydrogen-bond acceptors (Lipinski definition) is 2. The second-order valence-electron chi connectivity index (χ2n) is 6.41. The second-order valence-corrected chi connectivity index (χ2v) is 6.41. The highest BCUT2D eigenvalue weighted by Crippen LogP contribution is 2.43. The van der Waals surface area contributed by atoms with Crippen LogP contribution in [0.15, 0.2) is 0 Å². The van der Waals surface area contributed by atoms with Crippen LogP contribution in [0.1, 0.15) is 40.0 Å². The van der Waals surface area contributed by atoms with Gasteiger partial charge in [0, 0.05) is 20.5 Å². The van der Waals surface area contributed by atoms with Crippen molar-refractivity contribution in [2.75, 3.05) is 14.1 Å². The fourth-order valence-electron chi connectivity index (χ4n) is 3.40. The van der Waals surface area contributed by atoms with Gasteiger partial charge in [0.1, 0.15) is 0 Å². The smallest absolute Gasteiger partial charge is 0.307 e. The molecule has 1 aliphatic carbocycles. The first-order chi connectivity index (χ1) is 8.75. The standard InChI is InChI=1S/C15H27NO3/c1-9-6-7-10(2)14(11(9)3)12(15(18)19)8-13(17)16(4)5/h9-12,14H,6-8H2,1-5H3,(H,18,19)/t9?,10?,11?,12-,14-/m1/s1. The number of carboxylic acids is 1. The Morgan fingerprint density at radius 2 is 1.68 bits per heavy atom. The third-order valence-electron chi connectivity index (χ3n) is 4.91. The van der Waals surface area contributed by atoms with Crippen molar-refractivity contribution in [2.24, 2.45) is 29.6 Å². The average Bonchev–Trinajstić information content (AvgIpc) is 2.32. The van der Waals surface area contributed by atoms with E-state index in [2.05, 4.69) is 20.8 Å². The van der Waals surface area contributed by atoms with Gasteiger partial charge in [0.2, 0.25) is 5.91 Å². The Hall–Kier alpha value is -1.06. The Bertz CT molecular complexity index is 340. The number of amides is 1. The van der Waals surface area contributed by atoms with Crippen molar-refractivity contribution in [3.05, 3.63) is 0 Å². The fourth-order valence-corrected chi connectivity index (χ4v) is 3.40. The van der Waals surface area contributed by atoms with Gasteiger partial charge in [-0.05, 0) is 23.7 Å². The average molecular weight is 269 g/mol. The predicted octanol–water partition coefficient (Wildman–Crippen LogP) is 2.48. The van der Waals surface area contributed by atoms with Crippen LogP contribution in [0, 0.1) is 29.6 Å². The first kappa shape index (κ1) is 16.0. The topological polar surface area (TPSA) is 57.6 Å². The molecule has 0 aromatic heterocycles. The lowest BCUT2D eigenvalue weighted by molar-refractivity contribution is -0.150. The van der Waals surface area contributed by atoms with Crippen LogP contribution in [0.3, 0.4) is 0 Å². The van der Waals surface area contributed by atoms with Gasteiger partial charge in [-0.3, -0.25) is 9.59 Å². The Kier molecular flexibility index (Phi) is 5.39. The summed E-state index contributed by atoms with van der Waals surface area (Å²) < 4.78 is 0. The lowest BCUT2D eigenvalue weighted by Gasteiger charge is -2.42. The van der Waals surface area contributed by atoms with Gasteiger partial charge in [-0.25, -0.2) is 0 Å². The lowest BCUT2D eigenvalue weighted by atomic mass is 9.63. The van der Waals surface area contributed by atoms with Crippen molar-refractivity contribution in [2.45, 2.75) is 40.0 Å². The molecule has 0 aliphatic heterocycles. The Morgan fingerprint density at radius 1 is 1.16 bits per heavy atom. The van der Waals surface area contributed by atoms with E-state index in [1.54, 1.807) is 14.1 Å². The molecular weight excluding hydrogens is 242 g/mol. The number of rotatable bonds is 4. The number of nitrogens with zero attached hydrogens (tertiary/aromatic N) is 1. The summed E-state index contributed by atoms with van der Waals surface area (Å²) in [5.41, 5.74) is 0. The number of carbonyl (C=O) groups is 2. The zero-order valence-electron chi connectivity index (χ0n) is 12.7. The molecule has 0 heterocycles. The van der Waals surface area contributed by atoms with Gasteiger partial charge in [0.15, 0.2) is 0 Å². The van der Waals surface area contributed by atoms with E-state index < -0.39 is 11.9 Å². The molecule has 5 atom stereocenters. The van der Waals surface area contributed by atoms with E-state index in [-0.39, 0.29) is 18.2 Å². The Labute approximate surface area is 116 Å². The van der Waals surface area contributed by atoms with Crippen LogP contribution in [0.2, 0.25) is 0 Å². The molecule has 0 spiro atoms. The quantitative estimate of drug-likeness (QED) is 0.853. The molecule has 110 valence electrons. The molecule has 0 saturated heterocycles. The fraction of sp³-hybridized carbons (Fsp3) is 0.867. The molecule has 0 aromatic rings. The highest BCUT2D eigenvalue weighted by molar-refractivity contribution is 5.82. The van der Waals surface area contributed by atoms with Crippen molar-refractivity contribution in [3.63, 3.8) is 0 Å². The lowest BCUT2D eigenvalue weighted by Crippen LogP contribution is -2.41. The Morgan fingerprint density at radius 3 is 2.16 bits per heavy atom. The minimum Gasteiger partial charge on any atom is -0.481 e. The normalized spacial score (nSPS) is 32.7. The predicted molar refractivity (Wildman–Crippen MR) is 74.7 cm³/mol. The van der Waals surface area contributed by atoms with Gasteiger partial charge in [-0.1, -0.05) is 33.6 Å². The van der Waals surface area contributed by atoms with Gasteiger partial charge >= 0.3 is 5.97 Å². The third-order valence-corrected chi connectivity index (χ3v) is 4.91. The number of carboxylic acid groups (broad SMARTS) is 1. The Balaban J connectivity index is 2.90. The molecule has 1 aliphatic rings. The summed E-state index contributed by atoms with van der Waals surface area (Å²) in [7, 11) is 3.36. The van der Waals surface area contributed by atoms with Crippen molar-refractivity contribution >= 4 is 11.9 Å². The minimum atomic E-state index is -0.826. The molecule has 1 N–H and O–H groups in total. The van der Waals surface area contributed by atoms with Crippen LogP contribution in [0.5, 0.6) is 0 Å². The van der Waals surface area contributed by atoms with Crippen molar-refractivity contribution in [1.82, 2.24) is 4.90 Å². The van der Waals surface area contributed by atoms with E-state index in [9.17, 15) is 14.7 Å². The van der Waals surface area contributed by atoms with Crippen LogP contribution >= 0.6 is 0 Å². The van der Waals surface area contributed by atoms with Crippen LogP contribution in [-0.4, -0.2) is 36.0 Å². The molecule has 3 unspecified atom stereocenters. The molecule has 4 heteroatoms. The highest BCUT2D eigenvalue weighted by atomic mass is 16.4. The summed E-state index contributed by atoms with van der Waals surface area (Å²) >= 11 is 0. The number of hydrogen-bond donors (Lipinski definition) is 1. The van der Waals surface area contributed by atoms with Crippen LogP contribution in [0.4, 0.5) is 0 Å². The SMILES string of the molecule is CC1CCC(C)[C@@H]([C@@H](CC(=O)N(C)C)C(=O)O)C1C. The molecular formula is C15H27NO3.